The Hall–Kier alpha value is -2.17. The van der Waals surface area contributed by atoms with Gasteiger partial charge in [0.2, 0.25) is 9.84 Å². The number of β-amino-alcohol motifs (C(OH)–C–C–N with tert-alkyl or cyclic N) is 2. The van der Waals surface area contributed by atoms with E-state index < -0.39 is 22.0 Å². The molecule has 0 amide bonds. The van der Waals surface area contributed by atoms with Crippen molar-refractivity contribution in [2.24, 2.45) is 0 Å². The van der Waals surface area contributed by atoms with Gasteiger partial charge in [-0.3, -0.25) is 0 Å². The molecule has 37 heavy (non-hydrogen) atoms. The minimum Gasteiger partial charge on any atom is -0.491 e. The largest absolute Gasteiger partial charge is 0.491 e. The number of ether oxygens (including phenoxy) is 2. The molecule has 2 aliphatic rings. The first kappa shape index (κ1) is 27.9. The number of rotatable bonds is 12. The first-order chi connectivity index (χ1) is 17.9. The first-order valence-electron chi connectivity index (χ1n) is 13.4. The lowest BCUT2D eigenvalue weighted by Gasteiger charge is -2.28. The van der Waals surface area contributed by atoms with Crippen molar-refractivity contribution in [3.05, 3.63) is 48.5 Å². The molecule has 0 aliphatic carbocycles. The Morgan fingerprint density at radius 2 is 0.973 bits per heavy atom. The number of aliphatic hydroxyl groups excluding tert-OH is 2. The van der Waals surface area contributed by atoms with Crippen LogP contribution in [0.1, 0.15) is 38.5 Å². The summed E-state index contributed by atoms with van der Waals surface area (Å²) in [5, 5.41) is 20.5. The van der Waals surface area contributed by atoms with Crippen molar-refractivity contribution in [2.45, 2.75) is 60.5 Å². The lowest BCUT2D eigenvalue weighted by atomic mass is 10.1. The van der Waals surface area contributed by atoms with E-state index in [1.165, 1.54) is 62.8 Å². The molecule has 0 saturated carbocycles. The Labute approximate surface area is 220 Å². The van der Waals surface area contributed by atoms with Gasteiger partial charge in [-0.15, -0.1) is 0 Å². The second-order valence-corrected chi connectivity index (χ2v) is 12.0. The molecule has 0 unspecified atom stereocenters. The number of aliphatic hydroxyl groups is 2. The first-order valence-corrected chi connectivity index (χ1v) is 14.9. The molecule has 2 saturated heterocycles. The normalized spacial score (nSPS) is 19.3. The molecule has 2 aromatic rings. The topological polar surface area (TPSA) is 99.5 Å². The maximum Gasteiger partial charge on any atom is 0.206 e. The predicted molar refractivity (Wildman–Crippen MR) is 142 cm³/mol. The number of hydrogen-bond acceptors (Lipinski definition) is 8. The standard InChI is InChI=1S/C28H40N2O6S/c31-23(19-29-15-3-1-4-16-29)21-35-25-7-11-27(12-8-25)37(33,34)28-13-9-26(10-14-28)36-22-24(32)20-30-17-5-2-6-18-30/h7-14,23-24,31-32H,1-6,15-22H2/t23-,24-/m0/s1. The summed E-state index contributed by atoms with van der Waals surface area (Å²) >= 11 is 0. The second kappa shape index (κ2) is 13.6. The van der Waals surface area contributed by atoms with Crippen molar-refractivity contribution in [3.63, 3.8) is 0 Å². The maximum absolute atomic E-state index is 13.1. The Morgan fingerprint density at radius 3 is 1.32 bits per heavy atom. The Morgan fingerprint density at radius 1 is 0.622 bits per heavy atom. The third kappa shape index (κ3) is 8.41. The molecule has 2 atom stereocenters. The highest BCUT2D eigenvalue weighted by Gasteiger charge is 2.19. The summed E-state index contributed by atoms with van der Waals surface area (Å²) < 4.78 is 37.5. The van der Waals surface area contributed by atoms with E-state index in [9.17, 15) is 18.6 Å². The van der Waals surface area contributed by atoms with Crippen LogP contribution in [0, 0.1) is 0 Å². The van der Waals surface area contributed by atoms with Crippen molar-refractivity contribution < 1.29 is 28.1 Å². The fourth-order valence-electron chi connectivity index (χ4n) is 4.94. The molecule has 2 fully saturated rings. The van der Waals surface area contributed by atoms with Crippen LogP contribution in [0.25, 0.3) is 0 Å². The van der Waals surface area contributed by atoms with Crippen LogP contribution in [0.3, 0.4) is 0 Å². The summed E-state index contributed by atoms with van der Waals surface area (Å²) in [5.41, 5.74) is 0. The smallest absolute Gasteiger partial charge is 0.206 e. The van der Waals surface area contributed by atoms with Gasteiger partial charge in [-0.1, -0.05) is 12.8 Å². The predicted octanol–water partition coefficient (Wildman–Crippen LogP) is 2.97. The number of benzene rings is 2. The Bertz CT molecular complexity index is 970. The highest BCUT2D eigenvalue weighted by molar-refractivity contribution is 7.91. The van der Waals surface area contributed by atoms with Crippen LogP contribution < -0.4 is 9.47 Å². The number of piperidine rings is 2. The molecular formula is C28H40N2O6S. The lowest BCUT2D eigenvalue weighted by Crippen LogP contribution is -2.38. The molecular weight excluding hydrogens is 492 g/mol. The number of sulfone groups is 1. The van der Waals surface area contributed by atoms with E-state index >= 15 is 0 Å². The van der Waals surface area contributed by atoms with Crippen LogP contribution in [-0.2, 0) is 9.84 Å². The van der Waals surface area contributed by atoms with E-state index in [1.54, 1.807) is 24.3 Å². The van der Waals surface area contributed by atoms with Gasteiger partial charge in [-0.05, 0) is 100 Å². The summed E-state index contributed by atoms with van der Waals surface area (Å²) in [7, 11) is -3.70. The summed E-state index contributed by atoms with van der Waals surface area (Å²) in [6.07, 6.45) is 5.99. The third-order valence-corrected chi connectivity index (χ3v) is 8.77. The van der Waals surface area contributed by atoms with Crippen LogP contribution in [0.2, 0.25) is 0 Å². The van der Waals surface area contributed by atoms with Gasteiger partial charge in [-0.25, -0.2) is 8.42 Å². The van der Waals surface area contributed by atoms with E-state index in [0.29, 0.717) is 24.6 Å². The van der Waals surface area contributed by atoms with Gasteiger partial charge < -0.3 is 29.5 Å². The van der Waals surface area contributed by atoms with E-state index in [1.807, 2.05) is 0 Å². The molecule has 2 heterocycles. The highest BCUT2D eigenvalue weighted by Crippen LogP contribution is 2.25. The fourth-order valence-corrected chi connectivity index (χ4v) is 6.20. The zero-order valence-electron chi connectivity index (χ0n) is 21.5. The molecule has 8 nitrogen and oxygen atoms in total. The third-order valence-electron chi connectivity index (χ3n) is 6.99. The minimum atomic E-state index is -3.70. The molecule has 2 N–H and O–H groups in total. The Kier molecular flexibility index (Phi) is 10.2. The molecule has 0 bridgehead atoms. The molecule has 2 aromatic carbocycles. The van der Waals surface area contributed by atoms with Crippen molar-refractivity contribution in [1.82, 2.24) is 9.80 Å². The average Bonchev–Trinajstić information content (AvgIpc) is 2.92. The van der Waals surface area contributed by atoms with Crippen molar-refractivity contribution in [2.75, 3.05) is 52.5 Å². The number of hydrogen-bond donors (Lipinski definition) is 2. The fraction of sp³-hybridized carbons (Fsp3) is 0.571. The molecule has 9 heteroatoms. The van der Waals surface area contributed by atoms with Gasteiger partial charge in [-0.2, -0.15) is 0 Å². The molecule has 204 valence electrons. The zero-order chi connectivity index (χ0) is 26.1. The summed E-state index contributed by atoms with van der Waals surface area (Å²) in [6.45, 7) is 5.55. The SMILES string of the molecule is O=S(=O)(c1ccc(OC[C@@H](O)CN2CCCCC2)cc1)c1ccc(OC[C@@H](O)CN2CCCCC2)cc1. The van der Waals surface area contributed by atoms with E-state index in [4.69, 9.17) is 9.47 Å². The quantitative estimate of drug-likeness (QED) is 0.431. The van der Waals surface area contributed by atoms with Crippen LogP contribution in [0.15, 0.2) is 58.3 Å². The lowest BCUT2D eigenvalue weighted by molar-refractivity contribution is 0.0616. The van der Waals surface area contributed by atoms with Gasteiger partial charge >= 0.3 is 0 Å². The van der Waals surface area contributed by atoms with Gasteiger partial charge in [0.1, 0.15) is 36.9 Å². The number of nitrogens with zero attached hydrogens (tertiary/aromatic N) is 2. The van der Waals surface area contributed by atoms with E-state index in [2.05, 4.69) is 9.80 Å². The van der Waals surface area contributed by atoms with Crippen LogP contribution in [-0.4, -0.2) is 93.1 Å². The van der Waals surface area contributed by atoms with Gasteiger partial charge in [0.25, 0.3) is 0 Å². The van der Waals surface area contributed by atoms with Gasteiger partial charge in [0, 0.05) is 13.1 Å². The second-order valence-electron chi connectivity index (χ2n) is 10.1. The molecule has 0 spiro atoms. The average molecular weight is 533 g/mol. The molecule has 0 radical (unpaired) electrons. The van der Waals surface area contributed by atoms with E-state index in [-0.39, 0.29) is 23.0 Å². The van der Waals surface area contributed by atoms with Gasteiger partial charge in [0.15, 0.2) is 0 Å². The monoisotopic (exact) mass is 532 g/mol. The van der Waals surface area contributed by atoms with Crippen molar-refractivity contribution >= 4 is 9.84 Å². The van der Waals surface area contributed by atoms with Gasteiger partial charge in [0.05, 0.1) is 9.79 Å². The summed E-state index contributed by atoms with van der Waals surface area (Å²) in [4.78, 5) is 4.83. The molecule has 4 rings (SSSR count). The summed E-state index contributed by atoms with van der Waals surface area (Å²) in [6, 6.07) is 12.5. The molecule has 2 aliphatic heterocycles. The van der Waals surface area contributed by atoms with Crippen molar-refractivity contribution in [1.29, 1.82) is 0 Å². The minimum absolute atomic E-state index is 0.163. The highest BCUT2D eigenvalue weighted by atomic mass is 32.2. The maximum atomic E-state index is 13.1. The Balaban J connectivity index is 1.25. The zero-order valence-corrected chi connectivity index (χ0v) is 22.3. The summed E-state index contributed by atoms with van der Waals surface area (Å²) in [5.74, 6) is 1.03. The molecule has 0 aromatic heterocycles. The van der Waals surface area contributed by atoms with Crippen LogP contribution in [0.5, 0.6) is 11.5 Å². The van der Waals surface area contributed by atoms with Crippen molar-refractivity contribution in [3.8, 4) is 11.5 Å². The van der Waals surface area contributed by atoms with Crippen LogP contribution in [0.4, 0.5) is 0 Å². The number of likely N-dealkylation sites (tertiary alicyclic amines) is 2. The van der Waals surface area contributed by atoms with E-state index in [0.717, 1.165) is 26.2 Å². The van der Waals surface area contributed by atoms with Crippen LogP contribution >= 0.6 is 0 Å².